The summed E-state index contributed by atoms with van der Waals surface area (Å²) in [5.74, 6) is 5.87. The Morgan fingerprint density at radius 3 is 2.38 bits per heavy atom. The van der Waals surface area contributed by atoms with Gasteiger partial charge in [0.25, 0.3) is 0 Å². The predicted molar refractivity (Wildman–Crippen MR) is 80.1 cm³/mol. The predicted octanol–water partition coefficient (Wildman–Crippen LogP) is 2.19. The van der Waals surface area contributed by atoms with Gasteiger partial charge < -0.3 is 19.6 Å². The van der Waals surface area contributed by atoms with Gasteiger partial charge in [-0.3, -0.25) is 0 Å². The van der Waals surface area contributed by atoms with Gasteiger partial charge in [-0.1, -0.05) is 12.1 Å². The molecule has 1 rings (SSSR count). The number of nitrogens with two attached hydrogens (primary N) is 1. The number of hydrogen-bond acceptors (Lipinski definition) is 5. The minimum atomic E-state index is -0.524. The van der Waals surface area contributed by atoms with Crippen LogP contribution in [0.3, 0.4) is 0 Å². The van der Waals surface area contributed by atoms with Crippen molar-refractivity contribution in [3.05, 3.63) is 29.8 Å². The van der Waals surface area contributed by atoms with E-state index in [2.05, 4.69) is 5.32 Å². The van der Waals surface area contributed by atoms with Crippen molar-refractivity contribution < 1.29 is 19.1 Å². The molecule has 0 radical (unpaired) electrons. The van der Waals surface area contributed by atoms with E-state index in [1.807, 2.05) is 45.0 Å². The maximum atomic E-state index is 11.7. The van der Waals surface area contributed by atoms with Gasteiger partial charge >= 0.3 is 6.09 Å². The Labute approximate surface area is 125 Å². The summed E-state index contributed by atoms with van der Waals surface area (Å²) in [5, 5.41) is 2.72. The summed E-state index contributed by atoms with van der Waals surface area (Å²) in [5.41, 5.74) is 0.474. The van der Waals surface area contributed by atoms with Crippen molar-refractivity contribution in [2.24, 2.45) is 5.90 Å². The second kappa shape index (κ2) is 7.85. The van der Waals surface area contributed by atoms with E-state index < -0.39 is 11.7 Å². The number of ether oxygens (including phenoxy) is 2. The standard InChI is InChI=1S/C15H24N2O4/c1-15(2,3)21-14(18)17-9-12(10-20-16)11-5-7-13(19-4)8-6-11/h5-8,12H,9-10,16H2,1-4H3,(H,17,18). The van der Waals surface area contributed by atoms with Gasteiger partial charge in [-0.05, 0) is 38.5 Å². The minimum absolute atomic E-state index is 0.0616. The lowest BCUT2D eigenvalue weighted by molar-refractivity contribution is 0.0512. The van der Waals surface area contributed by atoms with Gasteiger partial charge in [0.15, 0.2) is 0 Å². The summed E-state index contributed by atoms with van der Waals surface area (Å²) in [6, 6.07) is 7.54. The largest absolute Gasteiger partial charge is 0.497 e. The van der Waals surface area contributed by atoms with Gasteiger partial charge in [0.1, 0.15) is 11.4 Å². The zero-order valence-electron chi connectivity index (χ0n) is 13.0. The van der Waals surface area contributed by atoms with Gasteiger partial charge in [0.2, 0.25) is 0 Å². The first-order valence-corrected chi connectivity index (χ1v) is 6.78. The summed E-state index contributed by atoms with van der Waals surface area (Å²) in [7, 11) is 1.61. The van der Waals surface area contributed by atoms with Crippen LogP contribution >= 0.6 is 0 Å². The Kier molecular flexibility index (Phi) is 6.45. The number of benzene rings is 1. The van der Waals surface area contributed by atoms with Gasteiger partial charge in [-0.15, -0.1) is 0 Å². The molecule has 0 aliphatic rings. The van der Waals surface area contributed by atoms with Crippen LogP contribution in [0.2, 0.25) is 0 Å². The van der Waals surface area contributed by atoms with E-state index in [1.165, 1.54) is 0 Å². The van der Waals surface area contributed by atoms with Gasteiger partial charge in [0, 0.05) is 12.5 Å². The fourth-order valence-electron chi connectivity index (χ4n) is 1.79. The van der Waals surface area contributed by atoms with Crippen LogP contribution in [-0.4, -0.2) is 32.0 Å². The molecule has 1 aromatic rings. The van der Waals surface area contributed by atoms with Crippen molar-refractivity contribution in [2.45, 2.75) is 32.3 Å². The first kappa shape index (κ1) is 17.3. The molecule has 0 heterocycles. The maximum absolute atomic E-state index is 11.7. The highest BCUT2D eigenvalue weighted by atomic mass is 16.6. The fraction of sp³-hybridized carbons (Fsp3) is 0.533. The lowest BCUT2D eigenvalue weighted by atomic mass is 10.00. The summed E-state index contributed by atoms with van der Waals surface area (Å²) in [6.45, 7) is 6.12. The number of alkyl carbamates (subject to hydrolysis) is 1. The Balaban J connectivity index is 2.62. The van der Waals surface area contributed by atoms with E-state index in [0.717, 1.165) is 11.3 Å². The third kappa shape index (κ3) is 6.46. The number of hydrogen-bond donors (Lipinski definition) is 2. The molecule has 1 amide bonds. The highest BCUT2D eigenvalue weighted by Crippen LogP contribution is 2.19. The molecular formula is C15H24N2O4. The molecular weight excluding hydrogens is 272 g/mol. The van der Waals surface area contributed by atoms with E-state index in [0.29, 0.717) is 13.2 Å². The number of rotatable bonds is 6. The molecule has 1 atom stereocenters. The van der Waals surface area contributed by atoms with Crippen LogP contribution in [0.4, 0.5) is 4.79 Å². The molecule has 0 saturated heterocycles. The third-order valence-electron chi connectivity index (χ3n) is 2.78. The second-order valence-electron chi connectivity index (χ2n) is 5.69. The number of amides is 1. The van der Waals surface area contributed by atoms with Gasteiger partial charge in [-0.25, -0.2) is 10.7 Å². The first-order valence-electron chi connectivity index (χ1n) is 6.78. The van der Waals surface area contributed by atoms with Crippen molar-refractivity contribution in [1.82, 2.24) is 5.32 Å². The molecule has 0 spiro atoms. The van der Waals surface area contributed by atoms with Crippen LogP contribution in [0.1, 0.15) is 32.3 Å². The van der Waals surface area contributed by atoms with E-state index in [1.54, 1.807) is 7.11 Å². The number of nitrogens with one attached hydrogen (secondary N) is 1. The monoisotopic (exact) mass is 296 g/mol. The molecule has 6 heteroatoms. The lowest BCUT2D eigenvalue weighted by Crippen LogP contribution is -2.35. The highest BCUT2D eigenvalue weighted by molar-refractivity contribution is 5.67. The molecule has 0 aromatic heterocycles. The molecule has 0 aliphatic heterocycles. The van der Waals surface area contributed by atoms with Gasteiger partial charge in [0.05, 0.1) is 13.7 Å². The van der Waals surface area contributed by atoms with Crippen molar-refractivity contribution in [3.63, 3.8) is 0 Å². The molecule has 21 heavy (non-hydrogen) atoms. The lowest BCUT2D eigenvalue weighted by Gasteiger charge is -2.22. The second-order valence-corrected chi connectivity index (χ2v) is 5.69. The first-order chi connectivity index (χ1) is 9.85. The number of carbonyl (C=O) groups is 1. The molecule has 0 aliphatic carbocycles. The van der Waals surface area contributed by atoms with Crippen LogP contribution < -0.4 is 16.0 Å². The summed E-state index contributed by atoms with van der Waals surface area (Å²) < 4.78 is 10.3. The smallest absolute Gasteiger partial charge is 0.407 e. The zero-order valence-corrected chi connectivity index (χ0v) is 13.0. The number of methoxy groups -OCH3 is 1. The summed E-state index contributed by atoms with van der Waals surface area (Å²) >= 11 is 0. The SMILES string of the molecule is COc1ccc(C(CNC(=O)OC(C)(C)C)CON)cc1. The quantitative estimate of drug-likeness (QED) is 0.786. The molecule has 0 saturated carbocycles. The van der Waals surface area contributed by atoms with Crippen molar-refractivity contribution >= 4 is 6.09 Å². The third-order valence-corrected chi connectivity index (χ3v) is 2.78. The van der Waals surface area contributed by atoms with Crippen LogP contribution in [-0.2, 0) is 9.57 Å². The summed E-state index contributed by atoms with van der Waals surface area (Å²) in [6.07, 6.45) is -0.460. The zero-order chi connectivity index (χ0) is 15.9. The van der Waals surface area contributed by atoms with Crippen molar-refractivity contribution in [1.29, 1.82) is 0 Å². The van der Waals surface area contributed by atoms with E-state index in [-0.39, 0.29) is 5.92 Å². The Morgan fingerprint density at radius 2 is 1.90 bits per heavy atom. The fourth-order valence-corrected chi connectivity index (χ4v) is 1.79. The van der Waals surface area contributed by atoms with Crippen LogP contribution in [0.25, 0.3) is 0 Å². The van der Waals surface area contributed by atoms with Crippen LogP contribution in [0.15, 0.2) is 24.3 Å². The van der Waals surface area contributed by atoms with Crippen LogP contribution in [0, 0.1) is 0 Å². The topological polar surface area (TPSA) is 82.8 Å². The van der Waals surface area contributed by atoms with Crippen molar-refractivity contribution in [3.8, 4) is 5.75 Å². The molecule has 0 bridgehead atoms. The minimum Gasteiger partial charge on any atom is -0.497 e. The molecule has 1 unspecified atom stereocenters. The maximum Gasteiger partial charge on any atom is 0.407 e. The highest BCUT2D eigenvalue weighted by Gasteiger charge is 2.18. The normalized spacial score (nSPS) is 12.6. The number of carbonyl (C=O) groups excluding carboxylic acids is 1. The molecule has 0 fully saturated rings. The average Bonchev–Trinajstić information content (AvgIpc) is 2.42. The molecule has 1 aromatic carbocycles. The van der Waals surface area contributed by atoms with E-state index in [9.17, 15) is 4.79 Å². The molecule has 6 nitrogen and oxygen atoms in total. The van der Waals surface area contributed by atoms with E-state index >= 15 is 0 Å². The Hall–Kier alpha value is -1.79. The summed E-state index contributed by atoms with van der Waals surface area (Å²) in [4.78, 5) is 16.4. The Bertz CT molecular complexity index is 440. The van der Waals surface area contributed by atoms with Crippen molar-refractivity contribution in [2.75, 3.05) is 20.3 Å². The van der Waals surface area contributed by atoms with Gasteiger partial charge in [-0.2, -0.15) is 0 Å². The van der Waals surface area contributed by atoms with Crippen LogP contribution in [0.5, 0.6) is 5.75 Å². The average molecular weight is 296 g/mol. The Morgan fingerprint density at radius 1 is 1.29 bits per heavy atom. The van der Waals surface area contributed by atoms with E-state index in [4.69, 9.17) is 20.2 Å². The molecule has 118 valence electrons. The molecule has 3 N–H and O–H groups in total.